The molecule has 1 aromatic carbocycles. The molecular formula is C15H17NO4S2. The molecule has 0 aromatic heterocycles. The zero-order valence-corrected chi connectivity index (χ0v) is 13.9. The predicted molar refractivity (Wildman–Crippen MR) is 90.8 cm³/mol. The van der Waals surface area contributed by atoms with Crippen molar-refractivity contribution in [1.82, 2.24) is 0 Å². The van der Waals surface area contributed by atoms with E-state index in [2.05, 4.69) is 4.99 Å². The number of thioether (sulfide) groups is 2. The number of hydrogen-bond acceptors (Lipinski definition) is 7. The van der Waals surface area contributed by atoms with Gasteiger partial charge in [-0.1, -0.05) is 18.2 Å². The van der Waals surface area contributed by atoms with Crippen LogP contribution in [-0.4, -0.2) is 46.7 Å². The van der Waals surface area contributed by atoms with Gasteiger partial charge in [-0.15, -0.1) is 23.5 Å². The van der Waals surface area contributed by atoms with Gasteiger partial charge in [0.1, 0.15) is 12.4 Å². The van der Waals surface area contributed by atoms with Gasteiger partial charge in [-0.3, -0.25) is 4.99 Å². The minimum absolute atomic E-state index is 0.177. The molecule has 0 fully saturated rings. The van der Waals surface area contributed by atoms with Crippen LogP contribution in [0.15, 0.2) is 47.2 Å². The van der Waals surface area contributed by atoms with Crippen LogP contribution in [0.5, 0.6) is 5.75 Å². The molecule has 0 saturated heterocycles. The number of aliphatic imine (C=N–C) groups is 1. The Bertz CT molecular complexity index is 576. The highest BCUT2D eigenvalue weighted by atomic mass is 32.2. The first-order chi connectivity index (χ1) is 10.7. The molecule has 1 aliphatic rings. The first-order valence-electron chi connectivity index (χ1n) is 6.51. The summed E-state index contributed by atoms with van der Waals surface area (Å²) in [6.07, 6.45) is 2.70. The van der Waals surface area contributed by atoms with Crippen LogP contribution >= 0.6 is 23.5 Å². The Labute approximate surface area is 137 Å². The van der Waals surface area contributed by atoms with E-state index in [0.717, 1.165) is 12.0 Å². The van der Waals surface area contributed by atoms with Crippen molar-refractivity contribution in [3.63, 3.8) is 0 Å². The molecule has 0 aliphatic carbocycles. The molecule has 0 amide bonds. The zero-order chi connectivity index (χ0) is 16.0. The lowest BCUT2D eigenvalue weighted by molar-refractivity contribution is -0.136. The Kier molecular flexibility index (Phi) is 5.79. The van der Waals surface area contributed by atoms with Crippen molar-refractivity contribution in [3.8, 4) is 5.75 Å². The van der Waals surface area contributed by atoms with Crippen LogP contribution in [0.3, 0.4) is 0 Å². The lowest BCUT2D eigenvalue weighted by atomic mass is 10.1. The molecule has 1 aliphatic heterocycles. The second-order valence-corrected chi connectivity index (χ2v) is 6.55. The molecular weight excluding hydrogens is 322 g/mol. The summed E-state index contributed by atoms with van der Waals surface area (Å²) in [5.74, 6) is 0.165. The average molecular weight is 339 g/mol. The van der Waals surface area contributed by atoms with Crippen LogP contribution in [0, 0.1) is 0 Å². The number of para-hydroxylation sites is 1. The molecule has 0 bridgehead atoms. The quantitative estimate of drug-likeness (QED) is 0.488. The fourth-order valence-electron chi connectivity index (χ4n) is 2.05. The van der Waals surface area contributed by atoms with E-state index in [1.807, 2.05) is 36.6 Å². The van der Waals surface area contributed by atoms with Crippen LogP contribution in [0.1, 0.15) is 0 Å². The lowest BCUT2D eigenvalue weighted by Crippen LogP contribution is -2.41. The largest absolute Gasteiger partial charge is 0.515 e. The normalized spacial score (nSPS) is 24.3. The average Bonchev–Trinajstić information content (AvgIpc) is 2.98. The van der Waals surface area contributed by atoms with E-state index in [-0.39, 0.29) is 17.4 Å². The van der Waals surface area contributed by atoms with Crippen LogP contribution in [0.25, 0.3) is 0 Å². The molecule has 1 aromatic rings. The summed E-state index contributed by atoms with van der Waals surface area (Å²) < 4.78 is 10.5. The number of esters is 1. The summed E-state index contributed by atoms with van der Waals surface area (Å²) in [6.45, 7) is 0.278. The highest BCUT2D eigenvalue weighted by Gasteiger charge is 2.47. The minimum Gasteiger partial charge on any atom is -0.515 e. The number of nitrogens with zero attached hydrogens (tertiary/aromatic N) is 1. The van der Waals surface area contributed by atoms with Gasteiger partial charge in [-0.05, 0) is 18.4 Å². The molecule has 0 radical (unpaired) electrons. The molecule has 7 heteroatoms. The van der Waals surface area contributed by atoms with E-state index in [4.69, 9.17) is 9.47 Å². The van der Waals surface area contributed by atoms with Gasteiger partial charge in [0, 0.05) is 0 Å². The summed E-state index contributed by atoms with van der Waals surface area (Å²) in [5.41, 5.74) is 1.86. The first kappa shape index (κ1) is 16.8. The van der Waals surface area contributed by atoms with E-state index >= 15 is 0 Å². The second kappa shape index (κ2) is 7.60. The van der Waals surface area contributed by atoms with Crippen molar-refractivity contribution >= 4 is 35.0 Å². The maximum atomic E-state index is 11.8. The smallest absolute Gasteiger partial charge is 0.338 e. The second-order valence-electron chi connectivity index (χ2n) is 4.48. The maximum absolute atomic E-state index is 11.8. The number of hydrogen-bond donors (Lipinski definition) is 1. The zero-order valence-electron chi connectivity index (χ0n) is 12.3. The third-order valence-corrected chi connectivity index (χ3v) is 5.72. The Morgan fingerprint density at radius 1 is 1.50 bits per heavy atom. The van der Waals surface area contributed by atoms with Crippen molar-refractivity contribution in [2.45, 2.75) is 10.1 Å². The third-order valence-electron chi connectivity index (χ3n) is 3.26. The number of aliphatic hydroxyl groups is 1. The van der Waals surface area contributed by atoms with Gasteiger partial charge in [0.25, 0.3) is 0 Å². The van der Waals surface area contributed by atoms with Gasteiger partial charge in [-0.25, -0.2) is 4.79 Å². The standard InChI is InChI=1S/C15H17NO4S2/c1-19-14(18)12(8-17)13-15(21-2,16-10-22-13)9-20-11-6-4-3-5-7-11/h3-8,10,13,17H,9H2,1-2H3/b12-8-. The summed E-state index contributed by atoms with van der Waals surface area (Å²) in [5, 5.41) is 9.05. The van der Waals surface area contributed by atoms with E-state index in [1.165, 1.54) is 30.6 Å². The van der Waals surface area contributed by atoms with Crippen molar-refractivity contribution in [3.05, 3.63) is 42.2 Å². The van der Waals surface area contributed by atoms with E-state index in [0.29, 0.717) is 0 Å². The van der Waals surface area contributed by atoms with Gasteiger partial charge in [0.15, 0.2) is 4.87 Å². The number of aliphatic hydroxyl groups excluding tert-OH is 1. The van der Waals surface area contributed by atoms with Crippen LogP contribution in [0.2, 0.25) is 0 Å². The fourth-order valence-corrected chi connectivity index (χ4v) is 4.27. The lowest BCUT2D eigenvalue weighted by Gasteiger charge is -2.30. The van der Waals surface area contributed by atoms with Crippen LogP contribution in [-0.2, 0) is 9.53 Å². The topological polar surface area (TPSA) is 68.1 Å². The van der Waals surface area contributed by atoms with E-state index < -0.39 is 10.8 Å². The van der Waals surface area contributed by atoms with Gasteiger partial charge in [0.2, 0.25) is 0 Å². The van der Waals surface area contributed by atoms with Crippen molar-refractivity contribution in [2.24, 2.45) is 4.99 Å². The Morgan fingerprint density at radius 2 is 2.23 bits per heavy atom. The molecule has 2 unspecified atom stereocenters. The highest BCUT2D eigenvalue weighted by molar-refractivity contribution is 8.14. The molecule has 22 heavy (non-hydrogen) atoms. The first-order valence-corrected chi connectivity index (χ1v) is 8.68. The molecule has 1 N–H and O–H groups in total. The van der Waals surface area contributed by atoms with Crippen molar-refractivity contribution < 1.29 is 19.4 Å². The Balaban J connectivity index is 2.19. The maximum Gasteiger partial charge on any atom is 0.338 e. The van der Waals surface area contributed by atoms with Crippen molar-refractivity contribution in [2.75, 3.05) is 20.0 Å². The van der Waals surface area contributed by atoms with Gasteiger partial charge in [0.05, 0.1) is 29.7 Å². The Hall–Kier alpha value is -1.60. The fraction of sp³-hybridized carbons (Fsp3) is 0.333. The van der Waals surface area contributed by atoms with Gasteiger partial charge < -0.3 is 14.6 Å². The predicted octanol–water partition coefficient (Wildman–Crippen LogP) is 2.88. The Morgan fingerprint density at radius 3 is 2.82 bits per heavy atom. The van der Waals surface area contributed by atoms with E-state index in [9.17, 15) is 9.90 Å². The molecule has 118 valence electrons. The highest BCUT2D eigenvalue weighted by Crippen LogP contribution is 2.44. The number of rotatable bonds is 6. The number of carbonyl (C=O) groups is 1. The SMILES string of the molecule is COC(=O)/C(=C\O)C1SC=NC1(COc1ccccc1)SC. The van der Waals surface area contributed by atoms with Crippen molar-refractivity contribution in [1.29, 1.82) is 0 Å². The molecule has 2 rings (SSSR count). The van der Waals surface area contributed by atoms with Crippen LogP contribution in [0.4, 0.5) is 0 Å². The molecule has 0 spiro atoms. The van der Waals surface area contributed by atoms with Gasteiger partial charge in [-0.2, -0.15) is 0 Å². The molecule has 0 saturated carbocycles. The number of benzene rings is 1. The van der Waals surface area contributed by atoms with Gasteiger partial charge >= 0.3 is 5.97 Å². The summed E-state index contributed by atoms with van der Waals surface area (Å²) in [7, 11) is 1.29. The number of ether oxygens (including phenoxy) is 2. The molecule has 5 nitrogen and oxygen atoms in total. The van der Waals surface area contributed by atoms with E-state index in [1.54, 1.807) is 5.55 Å². The van der Waals surface area contributed by atoms with Crippen LogP contribution < -0.4 is 4.74 Å². The minimum atomic E-state index is -0.691. The molecule has 1 heterocycles. The summed E-state index contributed by atoms with van der Waals surface area (Å²) in [4.78, 5) is 15.6. The summed E-state index contributed by atoms with van der Waals surface area (Å²) >= 11 is 2.84. The molecule has 2 atom stereocenters. The summed E-state index contributed by atoms with van der Waals surface area (Å²) in [6, 6.07) is 9.40. The third kappa shape index (κ3) is 3.41. The number of methoxy groups -OCH3 is 1. The number of carbonyl (C=O) groups excluding carboxylic acids is 1. The monoisotopic (exact) mass is 339 g/mol.